The second-order valence-electron chi connectivity index (χ2n) is 15.9. The predicted octanol–water partition coefficient (Wildman–Crippen LogP) is 7.75. The van der Waals surface area contributed by atoms with E-state index in [0.29, 0.717) is 58.7 Å². The molecule has 296 valence electrons. The van der Waals surface area contributed by atoms with Gasteiger partial charge in [-0.3, -0.25) is 14.5 Å². The number of likely N-dealkylation sites (tertiary alicyclic amines) is 1. The summed E-state index contributed by atoms with van der Waals surface area (Å²) in [5.41, 5.74) is 5.03. The topological polar surface area (TPSA) is 103 Å². The van der Waals surface area contributed by atoms with Crippen molar-refractivity contribution in [2.45, 2.75) is 103 Å². The van der Waals surface area contributed by atoms with Gasteiger partial charge in [0.2, 0.25) is 12.3 Å². The molecule has 10 nitrogen and oxygen atoms in total. The van der Waals surface area contributed by atoms with Gasteiger partial charge in [-0.1, -0.05) is 54.6 Å². The van der Waals surface area contributed by atoms with Crippen LogP contribution in [0.4, 0.5) is 0 Å². The first kappa shape index (κ1) is 40.4. The fraction of sp³-hybridized carbons (Fsp3) is 0.511. The van der Waals surface area contributed by atoms with Crippen molar-refractivity contribution in [2.24, 2.45) is 5.92 Å². The van der Waals surface area contributed by atoms with Crippen LogP contribution in [0.2, 0.25) is 0 Å². The Hall–Kier alpha value is -4.22. The van der Waals surface area contributed by atoms with Gasteiger partial charge < -0.3 is 33.5 Å². The van der Waals surface area contributed by atoms with Gasteiger partial charge >= 0.3 is 5.97 Å². The van der Waals surface area contributed by atoms with Crippen LogP contribution >= 0.6 is 0 Å². The Balaban J connectivity index is 1.23. The first-order valence-electron chi connectivity index (χ1n) is 20.0. The van der Waals surface area contributed by atoms with Gasteiger partial charge in [-0.25, -0.2) is 0 Å². The van der Waals surface area contributed by atoms with Gasteiger partial charge in [0, 0.05) is 69.5 Å². The van der Waals surface area contributed by atoms with E-state index in [0.717, 1.165) is 53.8 Å². The average Bonchev–Trinajstić information content (AvgIpc) is 3.97. The number of aryl methyl sites for hydroxylation is 1. The molecule has 10 heteroatoms. The van der Waals surface area contributed by atoms with Crippen molar-refractivity contribution in [3.05, 3.63) is 90.1 Å². The predicted molar refractivity (Wildman–Crippen MR) is 215 cm³/mol. The summed E-state index contributed by atoms with van der Waals surface area (Å²) >= 11 is 0. The lowest BCUT2D eigenvalue weighted by Gasteiger charge is -2.42. The van der Waals surface area contributed by atoms with Crippen molar-refractivity contribution in [3.8, 4) is 16.9 Å². The van der Waals surface area contributed by atoms with E-state index in [1.165, 1.54) is 10.9 Å². The second-order valence-corrected chi connectivity index (χ2v) is 15.9. The SMILES string of the molecule is CCOC(=O)CCCOc1ccc(-c2cccc([C@H]3CCN(C(O)OC(C)(C)C)C[C@@H]3C(=O)N(Cc3cn(CCCOC)c4ccccc34)C3CC3)c2)cc1. The molecule has 1 aliphatic heterocycles. The van der Waals surface area contributed by atoms with Crippen molar-refractivity contribution in [3.63, 3.8) is 0 Å². The Morgan fingerprint density at radius 3 is 2.45 bits per heavy atom. The van der Waals surface area contributed by atoms with Crippen LogP contribution in [0, 0.1) is 5.92 Å². The van der Waals surface area contributed by atoms with Gasteiger partial charge in [0.05, 0.1) is 24.7 Å². The van der Waals surface area contributed by atoms with Crippen molar-refractivity contribution >= 4 is 22.8 Å². The summed E-state index contributed by atoms with van der Waals surface area (Å²) in [7, 11) is 1.73. The number of hydrogen-bond donors (Lipinski definition) is 1. The Labute approximate surface area is 326 Å². The number of para-hydroxylation sites is 1. The van der Waals surface area contributed by atoms with Crippen molar-refractivity contribution in [1.82, 2.24) is 14.4 Å². The molecule has 1 unspecified atom stereocenters. The van der Waals surface area contributed by atoms with Gasteiger partial charge in [-0.05, 0) is 106 Å². The number of carbonyl (C=O) groups is 2. The number of esters is 1. The molecular weight excluding hydrogens is 695 g/mol. The van der Waals surface area contributed by atoms with Gasteiger partial charge in [-0.15, -0.1) is 0 Å². The average molecular weight is 754 g/mol. The quantitative estimate of drug-likeness (QED) is 0.0626. The van der Waals surface area contributed by atoms with Crippen LogP contribution in [-0.2, 0) is 36.9 Å². The maximum atomic E-state index is 15.1. The number of carbonyl (C=O) groups excluding carboxylic acids is 2. The van der Waals surface area contributed by atoms with E-state index in [1.54, 1.807) is 14.0 Å². The molecule has 3 atom stereocenters. The molecule has 1 saturated carbocycles. The highest BCUT2D eigenvalue weighted by Crippen LogP contribution is 2.40. The number of aliphatic hydroxyl groups is 1. The lowest BCUT2D eigenvalue weighted by molar-refractivity contribution is -0.245. The van der Waals surface area contributed by atoms with E-state index in [9.17, 15) is 9.90 Å². The smallest absolute Gasteiger partial charge is 0.305 e. The molecule has 2 fully saturated rings. The van der Waals surface area contributed by atoms with Crippen LogP contribution in [0.3, 0.4) is 0 Å². The van der Waals surface area contributed by atoms with Crippen LogP contribution in [0.1, 0.15) is 83.3 Å². The molecule has 2 aliphatic rings. The van der Waals surface area contributed by atoms with E-state index < -0.39 is 12.0 Å². The Morgan fingerprint density at radius 2 is 1.73 bits per heavy atom. The molecule has 0 bridgehead atoms. The molecule has 1 N–H and O–H groups in total. The largest absolute Gasteiger partial charge is 0.494 e. The number of ether oxygens (including phenoxy) is 4. The van der Waals surface area contributed by atoms with E-state index in [1.807, 2.05) is 49.9 Å². The number of benzene rings is 3. The third-order valence-electron chi connectivity index (χ3n) is 10.6. The van der Waals surface area contributed by atoms with E-state index >= 15 is 4.79 Å². The number of piperidine rings is 1. The van der Waals surface area contributed by atoms with Crippen molar-refractivity contribution < 1.29 is 33.6 Å². The normalized spacial score (nSPS) is 18.3. The van der Waals surface area contributed by atoms with Crippen molar-refractivity contribution in [1.29, 1.82) is 0 Å². The van der Waals surface area contributed by atoms with Crippen LogP contribution in [0.25, 0.3) is 22.0 Å². The molecule has 0 spiro atoms. The highest BCUT2D eigenvalue weighted by atomic mass is 16.6. The number of methoxy groups -OCH3 is 1. The minimum Gasteiger partial charge on any atom is -0.494 e. The number of aliphatic hydroxyl groups excluding tert-OH is 1. The lowest BCUT2D eigenvalue weighted by atomic mass is 9.78. The molecule has 1 saturated heterocycles. The number of amides is 1. The highest BCUT2D eigenvalue weighted by Gasteiger charge is 2.43. The summed E-state index contributed by atoms with van der Waals surface area (Å²) in [6, 6.07) is 25.2. The zero-order chi connectivity index (χ0) is 39.0. The maximum Gasteiger partial charge on any atom is 0.305 e. The summed E-state index contributed by atoms with van der Waals surface area (Å²) in [5.74, 6) is 0.262. The maximum absolute atomic E-state index is 15.1. The van der Waals surface area contributed by atoms with E-state index in [-0.39, 0.29) is 29.8 Å². The molecular formula is C45H59N3O7. The molecule has 0 radical (unpaired) electrons. The first-order valence-corrected chi connectivity index (χ1v) is 20.0. The van der Waals surface area contributed by atoms with Crippen LogP contribution in [-0.4, -0.2) is 89.4 Å². The minimum absolute atomic E-state index is 0.0378. The lowest BCUT2D eigenvalue weighted by Crippen LogP contribution is -2.53. The zero-order valence-electron chi connectivity index (χ0n) is 33.2. The summed E-state index contributed by atoms with van der Waals surface area (Å²) in [6.07, 6.45) is 5.66. The second kappa shape index (κ2) is 18.6. The third-order valence-corrected chi connectivity index (χ3v) is 10.6. The Bertz CT molecular complexity index is 1860. The molecule has 3 aromatic carbocycles. The molecule has 6 rings (SSSR count). The molecule has 1 aliphatic carbocycles. The van der Waals surface area contributed by atoms with E-state index in [2.05, 4.69) is 64.2 Å². The van der Waals surface area contributed by atoms with E-state index in [4.69, 9.17) is 18.9 Å². The number of hydrogen-bond acceptors (Lipinski definition) is 8. The number of rotatable bonds is 18. The van der Waals surface area contributed by atoms with Crippen LogP contribution in [0.15, 0.2) is 79.0 Å². The summed E-state index contributed by atoms with van der Waals surface area (Å²) in [4.78, 5) is 30.8. The third kappa shape index (κ3) is 10.8. The molecule has 55 heavy (non-hydrogen) atoms. The molecule has 1 aromatic heterocycles. The first-order chi connectivity index (χ1) is 26.5. The number of aromatic nitrogens is 1. The van der Waals surface area contributed by atoms with Gasteiger partial charge in [-0.2, -0.15) is 0 Å². The highest BCUT2D eigenvalue weighted by molar-refractivity contribution is 5.86. The van der Waals surface area contributed by atoms with Crippen LogP contribution in [0.5, 0.6) is 5.75 Å². The summed E-state index contributed by atoms with van der Waals surface area (Å²) < 4.78 is 24.5. The van der Waals surface area contributed by atoms with Gasteiger partial charge in [0.15, 0.2) is 0 Å². The van der Waals surface area contributed by atoms with Gasteiger partial charge in [0.25, 0.3) is 0 Å². The van der Waals surface area contributed by atoms with Crippen molar-refractivity contribution in [2.75, 3.05) is 40.0 Å². The molecule has 4 aromatic rings. The summed E-state index contributed by atoms with van der Waals surface area (Å²) in [6.45, 7) is 11.5. The van der Waals surface area contributed by atoms with Crippen LogP contribution < -0.4 is 4.74 Å². The molecule has 2 heterocycles. The zero-order valence-corrected chi connectivity index (χ0v) is 33.2. The Kier molecular flexibility index (Phi) is 13.7. The fourth-order valence-electron chi connectivity index (χ4n) is 7.73. The molecule has 1 amide bonds. The fourth-order valence-corrected chi connectivity index (χ4v) is 7.73. The number of nitrogens with zero attached hydrogens (tertiary/aromatic N) is 3. The Morgan fingerprint density at radius 1 is 0.945 bits per heavy atom. The monoisotopic (exact) mass is 753 g/mol. The standard InChI is InChI=1S/C45H59N3O7/c1-6-53-42(49)16-10-27-54-37-21-17-32(18-22-37)33-12-9-13-34(28-33)38-23-25-47(44(51)55-45(2,3)4)31-40(38)43(50)48(36-19-20-36)30-35-29-46(24-11-26-52-5)41-15-8-7-14-39(35)41/h7-9,12-15,17-18,21-22,28-29,36,38,40,44,51H,6,10-11,16,19-20,23-27,30-31H2,1-5H3/t38-,40+,44?/m1/s1. The number of fused-ring (bicyclic) bond motifs is 1. The van der Waals surface area contributed by atoms with Gasteiger partial charge in [0.1, 0.15) is 5.75 Å². The minimum atomic E-state index is -1.10. The summed E-state index contributed by atoms with van der Waals surface area (Å²) in [5, 5.41) is 12.4.